The second-order valence-electron chi connectivity index (χ2n) is 4.02. The van der Waals surface area contributed by atoms with Crippen molar-refractivity contribution in [2.45, 2.75) is 6.92 Å². The minimum absolute atomic E-state index is 0.0175. The summed E-state index contributed by atoms with van der Waals surface area (Å²) in [6.07, 6.45) is 1.83. The zero-order valence-corrected chi connectivity index (χ0v) is 9.57. The highest BCUT2D eigenvalue weighted by molar-refractivity contribution is 6.21. The summed E-state index contributed by atoms with van der Waals surface area (Å²) in [7, 11) is 0. The zero-order chi connectivity index (χ0) is 11.8. The smallest absolute Gasteiger partial charge is 0.228 e. The maximum absolute atomic E-state index is 12.2. The van der Waals surface area contributed by atoms with Crippen molar-refractivity contribution in [1.29, 1.82) is 0 Å². The van der Waals surface area contributed by atoms with Gasteiger partial charge in [0.25, 0.3) is 0 Å². The van der Waals surface area contributed by atoms with Gasteiger partial charge in [0.1, 0.15) is 0 Å². The number of ether oxygens (including phenoxy) is 1. The van der Waals surface area contributed by atoms with E-state index in [1.54, 1.807) is 0 Å². The number of hydrogen-bond acceptors (Lipinski definition) is 2. The van der Waals surface area contributed by atoms with E-state index in [1.165, 1.54) is 0 Å². The Labute approximate surface area is 99.5 Å². The van der Waals surface area contributed by atoms with Gasteiger partial charge in [-0.2, -0.15) is 0 Å². The summed E-state index contributed by atoms with van der Waals surface area (Å²) in [6.45, 7) is 2.39. The molecule has 2 aromatic carbocycles. The predicted octanol–water partition coefficient (Wildman–Crippen LogP) is 3.41. The first kappa shape index (κ1) is 10.1. The van der Waals surface area contributed by atoms with Crippen LogP contribution in [0.4, 0.5) is 0 Å². The minimum atomic E-state index is -0.0175. The van der Waals surface area contributed by atoms with Gasteiger partial charge in [0.15, 0.2) is 5.76 Å². The summed E-state index contributed by atoms with van der Waals surface area (Å²) in [5.74, 6) is 0.426. The van der Waals surface area contributed by atoms with Crippen LogP contribution in [-0.4, -0.2) is 12.4 Å². The quantitative estimate of drug-likeness (QED) is 0.781. The van der Waals surface area contributed by atoms with Gasteiger partial charge < -0.3 is 4.74 Å². The van der Waals surface area contributed by atoms with Crippen molar-refractivity contribution < 1.29 is 9.53 Å². The summed E-state index contributed by atoms with van der Waals surface area (Å²) in [5, 5.41) is 2.13. The molecule has 0 saturated heterocycles. The van der Waals surface area contributed by atoms with E-state index in [0.717, 1.165) is 21.9 Å². The number of rotatable bonds is 2. The molecule has 0 saturated carbocycles. The fraction of sp³-hybridized carbons (Fsp3) is 0.133. The maximum atomic E-state index is 12.2. The van der Waals surface area contributed by atoms with Crippen LogP contribution in [0.1, 0.15) is 22.8 Å². The molecule has 0 atom stereocenters. The highest BCUT2D eigenvalue weighted by Gasteiger charge is 2.22. The molecule has 3 rings (SSSR count). The second kappa shape index (κ2) is 3.74. The molecule has 0 aromatic heterocycles. The van der Waals surface area contributed by atoms with Gasteiger partial charge in [-0.1, -0.05) is 36.4 Å². The number of carbonyl (C=O) groups is 1. The van der Waals surface area contributed by atoms with Crippen molar-refractivity contribution >= 4 is 22.6 Å². The van der Waals surface area contributed by atoms with Crippen LogP contribution in [0.3, 0.4) is 0 Å². The highest BCUT2D eigenvalue weighted by Crippen LogP contribution is 2.31. The standard InChI is InChI=1S/C15H12O2/c1-2-17-13-9-11-7-3-5-10-6-4-8-12(14(10)11)15(13)16/h3-9H,2H2,1H3. The van der Waals surface area contributed by atoms with E-state index in [4.69, 9.17) is 4.74 Å². The van der Waals surface area contributed by atoms with E-state index >= 15 is 0 Å². The first-order valence-electron chi connectivity index (χ1n) is 5.72. The van der Waals surface area contributed by atoms with E-state index in [1.807, 2.05) is 49.4 Å². The fourth-order valence-corrected chi connectivity index (χ4v) is 2.28. The number of benzene rings is 2. The number of allylic oxidation sites excluding steroid dienone is 1. The van der Waals surface area contributed by atoms with Crippen LogP contribution >= 0.6 is 0 Å². The van der Waals surface area contributed by atoms with E-state index < -0.39 is 0 Å². The van der Waals surface area contributed by atoms with Gasteiger partial charge in [-0.15, -0.1) is 0 Å². The van der Waals surface area contributed by atoms with Gasteiger partial charge in [0, 0.05) is 10.9 Å². The number of carbonyl (C=O) groups excluding carboxylic acids is 1. The zero-order valence-electron chi connectivity index (χ0n) is 9.57. The highest BCUT2D eigenvalue weighted by atomic mass is 16.5. The van der Waals surface area contributed by atoms with Crippen LogP contribution in [0.2, 0.25) is 0 Å². The SMILES string of the molecule is CCOC1=Cc2cccc3cccc(c23)C1=O. The summed E-state index contributed by atoms with van der Waals surface area (Å²) >= 11 is 0. The lowest BCUT2D eigenvalue weighted by atomic mass is 9.91. The second-order valence-corrected chi connectivity index (χ2v) is 4.02. The van der Waals surface area contributed by atoms with E-state index in [0.29, 0.717) is 12.4 Å². The molecule has 0 bridgehead atoms. The molecule has 2 nitrogen and oxygen atoms in total. The molecule has 84 valence electrons. The molecule has 0 aliphatic heterocycles. The minimum Gasteiger partial charge on any atom is -0.490 e. The van der Waals surface area contributed by atoms with E-state index in [9.17, 15) is 4.79 Å². The molecular weight excluding hydrogens is 212 g/mol. The molecule has 17 heavy (non-hydrogen) atoms. The molecule has 0 spiro atoms. The summed E-state index contributed by atoms with van der Waals surface area (Å²) in [6, 6.07) is 11.8. The average Bonchev–Trinajstić information content (AvgIpc) is 2.36. The fourth-order valence-electron chi connectivity index (χ4n) is 2.28. The summed E-state index contributed by atoms with van der Waals surface area (Å²) in [4.78, 5) is 12.2. The Kier molecular flexibility index (Phi) is 2.22. The monoisotopic (exact) mass is 224 g/mol. The molecule has 0 N–H and O–H groups in total. The largest absolute Gasteiger partial charge is 0.490 e. The molecule has 2 heteroatoms. The van der Waals surface area contributed by atoms with E-state index in [-0.39, 0.29) is 5.78 Å². The van der Waals surface area contributed by atoms with Crippen LogP contribution in [0.25, 0.3) is 16.8 Å². The first-order valence-corrected chi connectivity index (χ1v) is 5.72. The Hall–Kier alpha value is -2.09. The molecule has 0 heterocycles. The van der Waals surface area contributed by atoms with Gasteiger partial charge in [-0.25, -0.2) is 0 Å². The predicted molar refractivity (Wildman–Crippen MR) is 67.9 cm³/mol. The Bertz CT molecular complexity index is 633. The molecule has 0 fully saturated rings. The molecular formula is C15H12O2. The van der Waals surface area contributed by atoms with Crippen molar-refractivity contribution in [3.8, 4) is 0 Å². The number of hydrogen-bond donors (Lipinski definition) is 0. The average molecular weight is 224 g/mol. The third kappa shape index (κ3) is 1.45. The maximum Gasteiger partial charge on any atom is 0.228 e. The van der Waals surface area contributed by atoms with Crippen molar-refractivity contribution in [3.63, 3.8) is 0 Å². The molecule has 2 aromatic rings. The van der Waals surface area contributed by atoms with Crippen molar-refractivity contribution in [1.82, 2.24) is 0 Å². The summed E-state index contributed by atoms with van der Waals surface area (Å²) < 4.78 is 5.39. The number of Topliss-reactive ketones (excluding diaryl/α,β-unsaturated/α-hetero) is 1. The van der Waals surface area contributed by atoms with Gasteiger partial charge in [-0.3, -0.25) is 4.79 Å². The lowest BCUT2D eigenvalue weighted by Gasteiger charge is -2.16. The number of ketones is 1. The Balaban J connectivity index is 2.33. The molecule has 1 aliphatic carbocycles. The Morgan fingerprint density at radius 3 is 2.65 bits per heavy atom. The molecule has 0 unspecified atom stereocenters. The van der Waals surface area contributed by atoms with Crippen molar-refractivity contribution in [2.24, 2.45) is 0 Å². The first-order chi connectivity index (χ1) is 8.31. The van der Waals surface area contributed by atoms with Crippen LogP contribution in [0.15, 0.2) is 42.2 Å². The van der Waals surface area contributed by atoms with Crippen LogP contribution in [0.5, 0.6) is 0 Å². The molecule has 0 radical (unpaired) electrons. The van der Waals surface area contributed by atoms with Gasteiger partial charge in [-0.05, 0) is 23.9 Å². The lowest BCUT2D eigenvalue weighted by Crippen LogP contribution is -2.11. The van der Waals surface area contributed by atoms with Crippen molar-refractivity contribution in [2.75, 3.05) is 6.61 Å². The topological polar surface area (TPSA) is 26.3 Å². The lowest BCUT2D eigenvalue weighted by molar-refractivity contribution is 0.0932. The van der Waals surface area contributed by atoms with Gasteiger partial charge >= 0.3 is 0 Å². The third-order valence-corrected chi connectivity index (χ3v) is 2.99. The normalized spacial score (nSPS) is 13.7. The summed E-state index contributed by atoms with van der Waals surface area (Å²) in [5.41, 5.74) is 1.80. The van der Waals surface area contributed by atoms with Crippen LogP contribution < -0.4 is 0 Å². The van der Waals surface area contributed by atoms with Crippen LogP contribution in [-0.2, 0) is 4.74 Å². The van der Waals surface area contributed by atoms with Crippen molar-refractivity contribution in [3.05, 3.63) is 53.3 Å². The van der Waals surface area contributed by atoms with Gasteiger partial charge in [0.2, 0.25) is 5.78 Å². The third-order valence-electron chi connectivity index (χ3n) is 2.99. The molecule has 0 amide bonds. The molecule has 1 aliphatic rings. The Morgan fingerprint density at radius 1 is 1.12 bits per heavy atom. The van der Waals surface area contributed by atoms with E-state index in [2.05, 4.69) is 0 Å². The Morgan fingerprint density at radius 2 is 1.88 bits per heavy atom. The van der Waals surface area contributed by atoms with Gasteiger partial charge in [0.05, 0.1) is 6.61 Å². The van der Waals surface area contributed by atoms with Crippen LogP contribution in [0, 0.1) is 0 Å².